The predicted molar refractivity (Wildman–Crippen MR) is 113 cm³/mol. The second kappa shape index (κ2) is 8.53. The summed E-state index contributed by atoms with van der Waals surface area (Å²) in [5, 5.41) is 24.0. The van der Waals surface area contributed by atoms with Gasteiger partial charge in [-0.1, -0.05) is 11.6 Å². The van der Waals surface area contributed by atoms with E-state index in [0.717, 1.165) is 27.7 Å². The Morgan fingerprint density at radius 3 is 2.50 bits per heavy atom. The van der Waals surface area contributed by atoms with Crippen molar-refractivity contribution in [2.24, 2.45) is 15.3 Å². The van der Waals surface area contributed by atoms with Crippen LogP contribution in [0.2, 0.25) is 5.02 Å². The summed E-state index contributed by atoms with van der Waals surface area (Å²) in [5.41, 5.74) is 1.42. The minimum Gasteiger partial charge on any atom is -0.282 e. The second-order valence-corrected chi connectivity index (χ2v) is 8.93. The lowest BCUT2D eigenvalue weighted by Gasteiger charge is -2.17. The zero-order valence-electron chi connectivity index (χ0n) is 15.6. The Morgan fingerprint density at radius 1 is 1.27 bits per heavy atom. The third-order valence-electron chi connectivity index (χ3n) is 4.12. The van der Waals surface area contributed by atoms with Gasteiger partial charge in [0, 0.05) is 4.90 Å². The molecule has 12 heteroatoms. The highest BCUT2D eigenvalue weighted by Crippen LogP contribution is 2.35. The van der Waals surface area contributed by atoms with Crippen molar-refractivity contribution in [1.82, 2.24) is 0 Å². The Hall–Kier alpha value is -2.78. The highest BCUT2D eigenvalue weighted by molar-refractivity contribution is 8.03. The van der Waals surface area contributed by atoms with Gasteiger partial charge in [0.1, 0.15) is 5.40 Å². The fourth-order valence-electron chi connectivity index (χ4n) is 2.73. The van der Waals surface area contributed by atoms with E-state index in [-0.39, 0.29) is 15.6 Å². The molecule has 1 amide bonds. The van der Waals surface area contributed by atoms with Crippen molar-refractivity contribution in [1.29, 1.82) is 5.26 Å². The van der Waals surface area contributed by atoms with Gasteiger partial charge in [0.05, 0.1) is 27.0 Å². The van der Waals surface area contributed by atoms with Crippen LogP contribution in [0.3, 0.4) is 0 Å². The van der Waals surface area contributed by atoms with Crippen LogP contribution in [0, 0.1) is 17.6 Å². The molecule has 0 aliphatic carbocycles. The average molecular weight is 464 g/mol. The largest absolute Gasteiger partial charge is 0.294 e. The van der Waals surface area contributed by atoms with E-state index < -0.39 is 22.1 Å². The van der Waals surface area contributed by atoms with E-state index in [2.05, 4.69) is 15.3 Å². The smallest absolute Gasteiger partial charge is 0.282 e. The highest BCUT2D eigenvalue weighted by atomic mass is 35.5. The lowest BCUT2D eigenvalue weighted by molar-refractivity contribution is -0.117. The molecule has 0 saturated carbocycles. The first-order valence-electron chi connectivity index (χ1n) is 8.35. The number of benzene rings is 2. The van der Waals surface area contributed by atoms with Gasteiger partial charge in [-0.2, -0.15) is 34.0 Å². The Kier molecular flexibility index (Phi) is 6.23. The molecule has 0 spiro atoms. The number of nitriles is 1. The van der Waals surface area contributed by atoms with Gasteiger partial charge in [-0.15, -0.1) is 0 Å². The molecule has 154 valence electrons. The number of anilines is 1. The van der Waals surface area contributed by atoms with Crippen LogP contribution >= 0.6 is 23.4 Å². The predicted octanol–water partition coefficient (Wildman–Crippen LogP) is 4.34. The first-order valence-corrected chi connectivity index (χ1v) is 11.0. The Labute approximate surface area is 181 Å². The van der Waals surface area contributed by atoms with Gasteiger partial charge in [-0.05, 0) is 67.6 Å². The summed E-state index contributed by atoms with van der Waals surface area (Å²) in [6, 6.07) is 8.05. The number of rotatable bonds is 5. The minimum atomic E-state index is -4.45. The molecule has 1 N–H and O–H groups in total. The van der Waals surface area contributed by atoms with Crippen LogP contribution in [0.1, 0.15) is 12.5 Å². The summed E-state index contributed by atoms with van der Waals surface area (Å²) in [5.74, 6) is -0.502. The van der Waals surface area contributed by atoms with E-state index in [1.54, 1.807) is 38.1 Å². The Bertz CT molecular complexity index is 1200. The maximum Gasteiger partial charge on any atom is 0.294 e. The molecule has 0 bridgehead atoms. The number of carbonyl (C=O) groups excluding carboxylic acids is 1. The highest BCUT2D eigenvalue weighted by Gasteiger charge is 2.36. The van der Waals surface area contributed by atoms with Crippen LogP contribution in [0.15, 0.2) is 61.5 Å². The van der Waals surface area contributed by atoms with Gasteiger partial charge in [-0.3, -0.25) is 9.35 Å². The number of aryl methyl sites for hydroxylation is 1. The first-order chi connectivity index (χ1) is 14.1. The molecule has 1 unspecified atom stereocenters. The molecule has 0 fully saturated rings. The number of azo groups is 1. The quantitative estimate of drug-likeness (QED) is 0.303. The number of thioether (sulfide) groups is 1. The van der Waals surface area contributed by atoms with Crippen molar-refractivity contribution >= 4 is 56.5 Å². The van der Waals surface area contributed by atoms with Gasteiger partial charge >= 0.3 is 0 Å². The molecule has 2 aromatic rings. The molecule has 2 aromatic carbocycles. The second-order valence-electron chi connectivity index (χ2n) is 6.24. The first kappa shape index (κ1) is 21.9. The van der Waals surface area contributed by atoms with Crippen molar-refractivity contribution < 1.29 is 17.8 Å². The number of carbonyl (C=O) groups is 1. The normalized spacial score (nSPS) is 16.8. The summed E-state index contributed by atoms with van der Waals surface area (Å²) in [7, 11) is -4.45. The summed E-state index contributed by atoms with van der Waals surface area (Å²) in [6.45, 7) is 3.16. The van der Waals surface area contributed by atoms with E-state index in [9.17, 15) is 17.8 Å². The van der Waals surface area contributed by atoms with Crippen LogP contribution in [0.4, 0.5) is 11.4 Å². The average Bonchev–Trinajstić information content (AvgIpc) is 2.94. The van der Waals surface area contributed by atoms with Gasteiger partial charge in [-0.25, -0.2) is 0 Å². The molecule has 3 rings (SSSR count). The molecular formula is C18H14ClN5O4S2. The zero-order valence-corrected chi connectivity index (χ0v) is 18.0. The summed E-state index contributed by atoms with van der Waals surface area (Å²) in [6.07, 6.45) is 0. The summed E-state index contributed by atoms with van der Waals surface area (Å²) in [4.78, 5) is 13.2. The Morgan fingerprint density at radius 2 is 1.93 bits per heavy atom. The van der Waals surface area contributed by atoms with Crippen molar-refractivity contribution in [3.8, 4) is 5.40 Å². The molecular weight excluding hydrogens is 450 g/mol. The number of nitrogens with zero attached hydrogens (tertiary/aromatic N) is 5. The number of amides is 1. The molecule has 0 saturated heterocycles. The van der Waals surface area contributed by atoms with Gasteiger partial charge in [0.25, 0.3) is 16.0 Å². The molecule has 1 aliphatic rings. The van der Waals surface area contributed by atoms with Crippen LogP contribution < -0.4 is 5.01 Å². The van der Waals surface area contributed by atoms with Crippen LogP contribution in [-0.4, -0.2) is 30.6 Å². The number of thiocyanates is 1. The fraction of sp³-hybridized carbons (Fsp3) is 0.167. The number of hydrogen-bond donors (Lipinski definition) is 1. The molecule has 1 heterocycles. The molecule has 0 radical (unpaired) electrons. The maximum absolute atomic E-state index is 12.9. The monoisotopic (exact) mass is 463 g/mol. The van der Waals surface area contributed by atoms with Crippen molar-refractivity contribution in [3.05, 3.63) is 47.0 Å². The number of halogens is 1. The minimum absolute atomic E-state index is 0.0595. The summed E-state index contributed by atoms with van der Waals surface area (Å²) >= 11 is 7.20. The van der Waals surface area contributed by atoms with Crippen LogP contribution in [0.25, 0.3) is 0 Å². The third kappa shape index (κ3) is 4.52. The van der Waals surface area contributed by atoms with E-state index in [0.29, 0.717) is 17.0 Å². The summed E-state index contributed by atoms with van der Waals surface area (Å²) < 4.78 is 31.9. The number of hydrogen-bond acceptors (Lipinski definition) is 8. The van der Waals surface area contributed by atoms with E-state index in [1.807, 2.05) is 5.40 Å². The zero-order chi connectivity index (χ0) is 22.1. The molecule has 1 aliphatic heterocycles. The lowest BCUT2D eigenvalue weighted by atomic mass is 10.1. The standard InChI is InChI=1S/C18H14ClN5O4S2/c1-10-7-14(30(26,27)28)8-15(19)17(10)24-18(25)16(11(2)23-24)22-21-12-3-5-13(6-4-12)29-9-20/h3-8,16H,1-2H3,(H,26,27,28). The van der Waals surface area contributed by atoms with E-state index in [1.165, 1.54) is 6.07 Å². The Balaban J connectivity index is 1.86. The van der Waals surface area contributed by atoms with Crippen LogP contribution in [0.5, 0.6) is 0 Å². The fourth-order valence-corrected chi connectivity index (χ4v) is 4.11. The molecule has 9 nitrogen and oxygen atoms in total. The van der Waals surface area contributed by atoms with Gasteiger partial charge in [0.15, 0.2) is 6.04 Å². The van der Waals surface area contributed by atoms with Crippen molar-refractivity contribution in [2.45, 2.75) is 29.7 Å². The lowest BCUT2D eigenvalue weighted by Crippen LogP contribution is -2.30. The maximum atomic E-state index is 12.9. The topological polar surface area (TPSA) is 136 Å². The van der Waals surface area contributed by atoms with E-state index in [4.69, 9.17) is 16.9 Å². The van der Waals surface area contributed by atoms with Crippen LogP contribution in [-0.2, 0) is 14.9 Å². The van der Waals surface area contributed by atoms with E-state index >= 15 is 0 Å². The molecule has 0 aromatic heterocycles. The van der Waals surface area contributed by atoms with Gasteiger partial charge < -0.3 is 0 Å². The SMILES string of the molecule is CC1=NN(c2c(C)cc(S(=O)(=O)O)cc2Cl)C(=O)C1N=Nc1ccc(SC#N)cc1. The third-order valence-corrected chi connectivity index (χ3v) is 5.84. The molecule has 1 atom stereocenters. The van der Waals surface area contributed by atoms with Gasteiger partial charge in [0.2, 0.25) is 0 Å². The number of hydrazone groups is 1. The van der Waals surface area contributed by atoms with Crippen molar-refractivity contribution in [2.75, 3.05) is 5.01 Å². The van der Waals surface area contributed by atoms with Crippen molar-refractivity contribution in [3.63, 3.8) is 0 Å². The molecule has 30 heavy (non-hydrogen) atoms.